The lowest BCUT2D eigenvalue weighted by Gasteiger charge is -2.05. The topological polar surface area (TPSA) is 85.2 Å². The molecule has 0 bridgehead atoms. The van der Waals surface area contributed by atoms with Crippen molar-refractivity contribution >= 4 is 23.2 Å². The lowest BCUT2D eigenvalue weighted by Crippen LogP contribution is -2.36. The van der Waals surface area contributed by atoms with E-state index in [1.807, 2.05) is 17.5 Å². The molecule has 0 atom stereocenters. The van der Waals surface area contributed by atoms with Gasteiger partial charge in [-0.25, -0.2) is 0 Å². The third-order valence-electron chi connectivity index (χ3n) is 2.68. The van der Waals surface area contributed by atoms with E-state index >= 15 is 0 Å². The Labute approximate surface area is 125 Å². The number of rotatable bonds is 6. The molecule has 0 aliphatic rings. The molecule has 8 heteroatoms. The zero-order valence-corrected chi connectivity index (χ0v) is 12.6. The number of thiophene rings is 1. The second-order valence-corrected chi connectivity index (χ2v) is 5.30. The lowest BCUT2D eigenvalue weighted by atomic mass is 10.3. The summed E-state index contributed by atoms with van der Waals surface area (Å²) in [6.07, 6.45) is 1.54. The molecule has 21 heavy (non-hydrogen) atoms. The van der Waals surface area contributed by atoms with E-state index in [9.17, 15) is 9.59 Å². The summed E-state index contributed by atoms with van der Waals surface area (Å²) < 4.78 is 6.48. The highest BCUT2D eigenvalue weighted by atomic mass is 32.1. The van der Waals surface area contributed by atoms with E-state index in [0.717, 1.165) is 4.88 Å². The summed E-state index contributed by atoms with van der Waals surface area (Å²) in [4.78, 5) is 24.7. The van der Waals surface area contributed by atoms with E-state index in [0.29, 0.717) is 12.1 Å². The van der Waals surface area contributed by atoms with Gasteiger partial charge in [0.05, 0.1) is 20.2 Å². The van der Waals surface area contributed by atoms with Crippen LogP contribution in [-0.2, 0) is 18.4 Å². The summed E-state index contributed by atoms with van der Waals surface area (Å²) in [6, 6.07) is 3.85. The van der Waals surface area contributed by atoms with Crippen LogP contribution in [0.3, 0.4) is 0 Å². The summed E-state index contributed by atoms with van der Waals surface area (Å²) in [5, 5.41) is 11.2. The molecule has 0 saturated carbocycles. The van der Waals surface area contributed by atoms with Gasteiger partial charge in [0, 0.05) is 18.1 Å². The molecule has 7 nitrogen and oxygen atoms in total. The number of aromatic nitrogens is 2. The first kappa shape index (κ1) is 15.0. The highest BCUT2D eigenvalue weighted by Crippen LogP contribution is 2.14. The van der Waals surface area contributed by atoms with Crippen molar-refractivity contribution in [1.82, 2.24) is 20.4 Å². The Morgan fingerprint density at radius 3 is 2.90 bits per heavy atom. The number of hydrogen-bond acceptors (Lipinski definition) is 5. The molecule has 0 radical (unpaired) electrons. The molecule has 0 aromatic carbocycles. The Kier molecular flexibility index (Phi) is 4.94. The molecule has 2 amide bonds. The van der Waals surface area contributed by atoms with Gasteiger partial charge in [0.1, 0.15) is 5.56 Å². The van der Waals surface area contributed by atoms with Crippen molar-refractivity contribution in [2.75, 3.05) is 13.7 Å². The smallest absolute Gasteiger partial charge is 0.258 e. The van der Waals surface area contributed by atoms with Crippen LogP contribution >= 0.6 is 11.3 Å². The van der Waals surface area contributed by atoms with Gasteiger partial charge in [-0.05, 0) is 11.4 Å². The van der Waals surface area contributed by atoms with Crippen molar-refractivity contribution in [3.05, 3.63) is 34.2 Å². The molecule has 0 fully saturated rings. The third-order valence-corrected chi connectivity index (χ3v) is 3.56. The number of hydrogen-bond donors (Lipinski definition) is 2. The summed E-state index contributed by atoms with van der Waals surface area (Å²) in [7, 11) is 3.12. The Bertz CT molecular complexity index is 621. The number of amides is 2. The fourth-order valence-corrected chi connectivity index (χ4v) is 2.34. The molecule has 2 rings (SSSR count). The number of methoxy groups -OCH3 is 1. The number of ether oxygens (including phenoxy) is 1. The molecule has 0 unspecified atom stereocenters. The molecule has 2 N–H and O–H groups in total. The minimum Gasteiger partial charge on any atom is -0.479 e. The van der Waals surface area contributed by atoms with Gasteiger partial charge in [-0.3, -0.25) is 14.3 Å². The molecule has 2 aromatic heterocycles. The Hall–Kier alpha value is -2.35. The second-order valence-electron chi connectivity index (χ2n) is 4.26. The molecular formula is C13H16N4O3S. The molecule has 112 valence electrons. The van der Waals surface area contributed by atoms with Gasteiger partial charge in [0.2, 0.25) is 11.8 Å². The maximum Gasteiger partial charge on any atom is 0.258 e. The van der Waals surface area contributed by atoms with Crippen LogP contribution in [0.5, 0.6) is 5.88 Å². The quantitative estimate of drug-likeness (QED) is 0.815. The normalized spacial score (nSPS) is 10.2. The van der Waals surface area contributed by atoms with Crippen molar-refractivity contribution in [1.29, 1.82) is 0 Å². The van der Waals surface area contributed by atoms with Crippen LogP contribution in [-0.4, -0.2) is 35.2 Å². The highest BCUT2D eigenvalue weighted by molar-refractivity contribution is 7.09. The van der Waals surface area contributed by atoms with Crippen LogP contribution < -0.4 is 15.4 Å². The Morgan fingerprint density at radius 2 is 2.24 bits per heavy atom. The zero-order valence-electron chi connectivity index (χ0n) is 11.8. The first-order valence-electron chi connectivity index (χ1n) is 6.25. The van der Waals surface area contributed by atoms with Crippen molar-refractivity contribution in [3.8, 4) is 5.88 Å². The van der Waals surface area contributed by atoms with Crippen LogP contribution in [0.25, 0.3) is 0 Å². The summed E-state index contributed by atoms with van der Waals surface area (Å²) >= 11 is 1.56. The van der Waals surface area contributed by atoms with Crippen LogP contribution in [0.1, 0.15) is 15.2 Å². The summed E-state index contributed by atoms with van der Waals surface area (Å²) in [5.41, 5.74) is 0.297. The monoisotopic (exact) mass is 308 g/mol. The standard InChI is InChI=1S/C13H16N4O3S/c1-17-8-10(13(16-17)20-2)12(19)15-7-11(18)14-6-9-4-3-5-21-9/h3-5,8H,6-7H2,1-2H3,(H,14,18)(H,15,19). The van der Waals surface area contributed by atoms with E-state index in [4.69, 9.17) is 4.74 Å². The highest BCUT2D eigenvalue weighted by Gasteiger charge is 2.16. The van der Waals surface area contributed by atoms with Crippen LogP contribution in [0, 0.1) is 0 Å². The van der Waals surface area contributed by atoms with Crippen LogP contribution in [0.15, 0.2) is 23.7 Å². The lowest BCUT2D eigenvalue weighted by molar-refractivity contribution is -0.120. The SMILES string of the molecule is COc1nn(C)cc1C(=O)NCC(=O)NCc1cccs1. The number of nitrogens with zero attached hydrogens (tertiary/aromatic N) is 2. The minimum atomic E-state index is -0.397. The molecule has 0 aliphatic carbocycles. The summed E-state index contributed by atoms with van der Waals surface area (Å²) in [6.45, 7) is 0.366. The van der Waals surface area contributed by atoms with Gasteiger partial charge in [0.15, 0.2) is 0 Å². The molecule has 0 spiro atoms. The van der Waals surface area contributed by atoms with Crippen molar-refractivity contribution in [2.45, 2.75) is 6.54 Å². The largest absolute Gasteiger partial charge is 0.479 e. The van der Waals surface area contributed by atoms with Crippen LogP contribution in [0.2, 0.25) is 0 Å². The average Bonchev–Trinajstić information content (AvgIpc) is 3.11. The van der Waals surface area contributed by atoms with Gasteiger partial charge in [0.25, 0.3) is 5.91 Å². The van der Waals surface area contributed by atoms with Crippen LogP contribution in [0.4, 0.5) is 0 Å². The Balaban J connectivity index is 1.81. The van der Waals surface area contributed by atoms with Crippen molar-refractivity contribution < 1.29 is 14.3 Å². The number of carbonyl (C=O) groups is 2. The number of nitrogens with one attached hydrogen (secondary N) is 2. The van der Waals surface area contributed by atoms with E-state index in [1.165, 1.54) is 18.0 Å². The first-order valence-corrected chi connectivity index (χ1v) is 7.13. The molecular weight excluding hydrogens is 292 g/mol. The Morgan fingerprint density at radius 1 is 1.43 bits per heavy atom. The fourth-order valence-electron chi connectivity index (χ4n) is 1.69. The van der Waals surface area contributed by atoms with Gasteiger partial charge in [-0.15, -0.1) is 16.4 Å². The van der Waals surface area contributed by atoms with Gasteiger partial charge in [-0.1, -0.05) is 6.07 Å². The van der Waals surface area contributed by atoms with Crippen molar-refractivity contribution in [2.24, 2.45) is 7.05 Å². The maximum absolute atomic E-state index is 12.0. The van der Waals surface area contributed by atoms with E-state index in [-0.39, 0.29) is 18.3 Å². The third kappa shape index (κ3) is 4.06. The van der Waals surface area contributed by atoms with E-state index in [2.05, 4.69) is 15.7 Å². The first-order chi connectivity index (χ1) is 10.1. The fraction of sp³-hybridized carbons (Fsp3) is 0.308. The maximum atomic E-state index is 12.0. The molecule has 2 aromatic rings. The average molecular weight is 308 g/mol. The predicted molar refractivity (Wildman–Crippen MR) is 78.3 cm³/mol. The van der Waals surface area contributed by atoms with E-state index in [1.54, 1.807) is 18.4 Å². The van der Waals surface area contributed by atoms with E-state index < -0.39 is 5.91 Å². The van der Waals surface area contributed by atoms with Gasteiger partial charge < -0.3 is 15.4 Å². The second kappa shape index (κ2) is 6.89. The molecule has 0 aliphatic heterocycles. The summed E-state index contributed by atoms with van der Waals surface area (Å²) in [5.74, 6) is -0.417. The number of aryl methyl sites for hydroxylation is 1. The molecule has 2 heterocycles. The van der Waals surface area contributed by atoms with Gasteiger partial charge >= 0.3 is 0 Å². The minimum absolute atomic E-state index is 0.0950. The predicted octanol–water partition coefficient (Wildman–Crippen LogP) is 0.536. The number of carbonyl (C=O) groups excluding carboxylic acids is 2. The zero-order chi connectivity index (χ0) is 15.2. The molecule has 0 saturated heterocycles. The van der Waals surface area contributed by atoms with Crippen molar-refractivity contribution in [3.63, 3.8) is 0 Å². The van der Waals surface area contributed by atoms with Gasteiger partial charge in [-0.2, -0.15) is 0 Å².